The number of para-hydroxylation sites is 1. The highest BCUT2D eigenvalue weighted by Gasteiger charge is 2.19. The summed E-state index contributed by atoms with van der Waals surface area (Å²) >= 11 is 0. The van der Waals surface area contributed by atoms with Crippen molar-refractivity contribution in [2.75, 3.05) is 0 Å². The van der Waals surface area contributed by atoms with Crippen molar-refractivity contribution in [2.45, 2.75) is 6.54 Å². The molecule has 0 unspecified atom stereocenters. The van der Waals surface area contributed by atoms with Gasteiger partial charge in [0, 0.05) is 21.9 Å². The minimum Gasteiger partial charge on any atom is -0.456 e. The van der Waals surface area contributed by atoms with E-state index in [9.17, 15) is 0 Å². The van der Waals surface area contributed by atoms with Gasteiger partial charge in [-0.15, -0.1) is 0 Å². The number of furan rings is 1. The smallest absolute Gasteiger partial charge is 0.161 e. The molecule has 0 aliphatic heterocycles. The van der Waals surface area contributed by atoms with E-state index >= 15 is 0 Å². The fraction of sp³-hybridized carbons (Fsp3) is 0.0208. The summed E-state index contributed by atoms with van der Waals surface area (Å²) in [7, 11) is 0. The number of rotatable bonds is 6. The topological polar surface area (TPSA) is 50.2 Å². The lowest BCUT2D eigenvalue weighted by Crippen LogP contribution is -2.06. The number of amidine groups is 2. The second-order valence-electron chi connectivity index (χ2n) is 12.8. The standard InChI is InChI=1S/C48H33N3O/c1-49-48(43-29-37(41-23-12-18-34-16-6-8-20-39(34)41)30-45-46(43)42-21-9-10-24-44(42)52-45)51-47(50-31-32-13-3-2-4-14-32)36-27-25-35(26-28-36)40-22-11-17-33-15-5-7-19-38(33)40/h2-30H,1,31H2. The molecule has 52 heavy (non-hydrogen) atoms. The van der Waals surface area contributed by atoms with E-state index in [0.29, 0.717) is 18.2 Å². The summed E-state index contributed by atoms with van der Waals surface area (Å²) in [5.41, 5.74) is 8.81. The van der Waals surface area contributed by atoms with E-state index in [-0.39, 0.29) is 0 Å². The SMILES string of the molecule is C=NC(=NC(=NCc1ccccc1)c1ccc(-c2cccc3ccccc23)cc1)c1cc(-c2cccc3ccccc23)cc2oc3ccccc3c12. The summed E-state index contributed by atoms with van der Waals surface area (Å²) in [6.07, 6.45) is 0. The van der Waals surface area contributed by atoms with Crippen LogP contribution >= 0.6 is 0 Å². The average molecular weight is 668 g/mol. The van der Waals surface area contributed by atoms with Crippen LogP contribution in [0.2, 0.25) is 0 Å². The molecule has 246 valence electrons. The van der Waals surface area contributed by atoms with Crippen LogP contribution in [0.4, 0.5) is 0 Å². The second kappa shape index (κ2) is 13.4. The molecule has 0 aliphatic rings. The normalized spacial score (nSPS) is 12.2. The molecule has 0 fully saturated rings. The Morgan fingerprint density at radius 3 is 1.79 bits per heavy atom. The number of benzene rings is 8. The zero-order chi connectivity index (χ0) is 34.9. The van der Waals surface area contributed by atoms with Crippen molar-refractivity contribution in [1.82, 2.24) is 0 Å². The van der Waals surface area contributed by atoms with Crippen molar-refractivity contribution in [2.24, 2.45) is 15.0 Å². The molecule has 9 rings (SSSR count). The van der Waals surface area contributed by atoms with E-state index in [2.05, 4.69) is 151 Å². The van der Waals surface area contributed by atoms with Crippen molar-refractivity contribution in [3.05, 3.63) is 193 Å². The van der Waals surface area contributed by atoms with Crippen LogP contribution in [0.1, 0.15) is 16.7 Å². The summed E-state index contributed by atoms with van der Waals surface area (Å²) < 4.78 is 6.50. The van der Waals surface area contributed by atoms with Gasteiger partial charge in [0.1, 0.15) is 11.2 Å². The molecule has 0 saturated carbocycles. The predicted molar refractivity (Wildman–Crippen MR) is 219 cm³/mol. The Hall–Kier alpha value is -6.91. The lowest BCUT2D eigenvalue weighted by Gasteiger charge is -2.12. The lowest BCUT2D eigenvalue weighted by molar-refractivity contribution is 0.669. The molecule has 0 amide bonds. The van der Waals surface area contributed by atoms with Crippen molar-refractivity contribution >= 4 is 61.9 Å². The van der Waals surface area contributed by atoms with E-state index in [4.69, 9.17) is 14.4 Å². The van der Waals surface area contributed by atoms with Crippen molar-refractivity contribution in [3.8, 4) is 22.3 Å². The molecule has 4 nitrogen and oxygen atoms in total. The number of nitrogens with zero attached hydrogens (tertiary/aromatic N) is 3. The first-order valence-electron chi connectivity index (χ1n) is 17.4. The first-order valence-corrected chi connectivity index (χ1v) is 17.4. The third kappa shape index (κ3) is 5.76. The third-order valence-electron chi connectivity index (χ3n) is 9.68. The number of aliphatic imine (C=N–C) groups is 3. The highest BCUT2D eigenvalue weighted by atomic mass is 16.3. The van der Waals surface area contributed by atoms with Gasteiger partial charge in [-0.25, -0.2) is 9.98 Å². The Morgan fingerprint density at radius 2 is 1.10 bits per heavy atom. The molecule has 1 aromatic heterocycles. The Kier molecular flexibility index (Phi) is 8.03. The molecule has 0 radical (unpaired) electrons. The summed E-state index contributed by atoms with van der Waals surface area (Å²) in [4.78, 5) is 14.9. The first-order chi connectivity index (χ1) is 25.7. The van der Waals surface area contributed by atoms with Gasteiger partial charge in [-0.3, -0.25) is 4.99 Å². The van der Waals surface area contributed by atoms with E-state index in [0.717, 1.165) is 60.7 Å². The largest absolute Gasteiger partial charge is 0.456 e. The molecular formula is C48H33N3O. The molecule has 9 aromatic rings. The minimum absolute atomic E-state index is 0.468. The molecule has 0 bridgehead atoms. The van der Waals surface area contributed by atoms with E-state index in [1.807, 2.05) is 36.4 Å². The summed E-state index contributed by atoms with van der Waals surface area (Å²) in [5.74, 6) is 1.05. The van der Waals surface area contributed by atoms with Crippen molar-refractivity contribution in [1.29, 1.82) is 0 Å². The van der Waals surface area contributed by atoms with Gasteiger partial charge < -0.3 is 4.42 Å². The van der Waals surface area contributed by atoms with Crippen LogP contribution < -0.4 is 0 Å². The van der Waals surface area contributed by atoms with Crippen LogP contribution in [-0.2, 0) is 6.54 Å². The van der Waals surface area contributed by atoms with Gasteiger partial charge >= 0.3 is 0 Å². The number of hydrogen-bond acceptors (Lipinski definition) is 2. The van der Waals surface area contributed by atoms with Crippen LogP contribution in [0.3, 0.4) is 0 Å². The summed E-state index contributed by atoms with van der Waals surface area (Å²) in [6, 6.07) is 60.8. The fourth-order valence-corrected chi connectivity index (χ4v) is 7.16. The maximum absolute atomic E-state index is 6.50. The Labute approximate surface area is 301 Å². The fourth-order valence-electron chi connectivity index (χ4n) is 7.16. The third-order valence-corrected chi connectivity index (χ3v) is 9.68. The van der Waals surface area contributed by atoms with Crippen LogP contribution in [0.15, 0.2) is 195 Å². The maximum atomic E-state index is 6.50. The lowest BCUT2D eigenvalue weighted by atomic mass is 9.94. The molecule has 8 aromatic carbocycles. The molecule has 0 saturated heterocycles. The van der Waals surface area contributed by atoms with E-state index < -0.39 is 0 Å². The molecular weight excluding hydrogens is 635 g/mol. The van der Waals surface area contributed by atoms with Gasteiger partial charge in [0.15, 0.2) is 11.7 Å². The van der Waals surface area contributed by atoms with Gasteiger partial charge in [0.25, 0.3) is 0 Å². The van der Waals surface area contributed by atoms with Gasteiger partial charge in [-0.1, -0.05) is 158 Å². The number of fused-ring (bicyclic) bond motifs is 5. The predicted octanol–water partition coefficient (Wildman–Crippen LogP) is 12.3. The van der Waals surface area contributed by atoms with Crippen LogP contribution in [-0.4, -0.2) is 18.4 Å². The molecule has 0 spiro atoms. The number of hydrogen-bond donors (Lipinski definition) is 0. The van der Waals surface area contributed by atoms with Gasteiger partial charge in [0.2, 0.25) is 0 Å². The summed E-state index contributed by atoms with van der Waals surface area (Å²) in [5, 5.41) is 6.70. The Balaban J connectivity index is 1.22. The highest BCUT2D eigenvalue weighted by Crippen LogP contribution is 2.38. The first kappa shape index (κ1) is 31.1. The molecule has 0 aliphatic carbocycles. The summed E-state index contributed by atoms with van der Waals surface area (Å²) in [6.45, 7) is 4.51. The minimum atomic E-state index is 0.468. The van der Waals surface area contributed by atoms with Crippen molar-refractivity contribution in [3.63, 3.8) is 0 Å². The highest BCUT2D eigenvalue weighted by molar-refractivity contribution is 6.23. The average Bonchev–Trinajstić information content (AvgIpc) is 3.59. The Bertz CT molecular complexity index is 2820. The molecule has 0 N–H and O–H groups in total. The van der Waals surface area contributed by atoms with E-state index in [1.54, 1.807) is 0 Å². The second-order valence-corrected chi connectivity index (χ2v) is 12.8. The zero-order valence-electron chi connectivity index (χ0n) is 28.4. The van der Waals surface area contributed by atoms with Gasteiger partial charge in [-0.05, 0) is 74.3 Å². The molecule has 1 heterocycles. The van der Waals surface area contributed by atoms with Crippen LogP contribution in [0, 0.1) is 0 Å². The Morgan fingerprint density at radius 1 is 0.500 bits per heavy atom. The zero-order valence-corrected chi connectivity index (χ0v) is 28.4. The van der Waals surface area contributed by atoms with Crippen molar-refractivity contribution < 1.29 is 4.42 Å². The van der Waals surface area contributed by atoms with Crippen LogP contribution in [0.5, 0.6) is 0 Å². The quantitative estimate of drug-likeness (QED) is 0.129. The van der Waals surface area contributed by atoms with Gasteiger partial charge in [-0.2, -0.15) is 0 Å². The van der Waals surface area contributed by atoms with E-state index in [1.165, 1.54) is 21.7 Å². The molecule has 4 heteroatoms. The van der Waals surface area contributed by atoms with Gasteiger partial charge in [0.05, 0.1) is 6.54 Å². The maximum Gasteiger partial charge on any atom is 0.161 e. The van der Waals surface area contributed by atoms with Crippen LogP contribution in [0.25, 0.3) is 65.7 Å². The molecule has 0 atom stereocenters. The monoisotopic (exact) mass is 667 g/mol.